The Hall–Kier alpha value is -3.56. The van der Waals surface area contributed by atoms with Gasteiger partial charge in [0.25, 0.3) is 0 Å². The Morgan fingerprint density at radius 1 is 1.08 bits per heavy atom. The van der Waals surface area contributed by atoms with E-state index in [4.69, 9.17) is 14.8 Å². The molecule has 0 bridgehead atoms. The second-order valence-corrected chi connectivity index (χ2v) is 11.2. The highest BCUT2D eigenvalue weighted by atomic mass is 32.2. The van der Waals surface area contributed by atoms with Crippen LogP contribution in [-0.2, 0) is 11.3 Å². The zero-order valence-electron chi connectivity index (χ0n) is 22.3. The van der Waals surface area contributed by atoms with Crippen LogP contribution in [0.1, 0.15) is 41.3 Å². The predicted octanol–water partition coefficient (Wildman–Crippen LogP) is 5.04. The van der Waals surface area contributed by atoms with Crippen molar-refractivity contribution in [3.8, 4) is 5.75 Å². The molecule has 9 heteroatoms. The Kier molecular flexibility index (Phi) is 8.38. The fourth-order valence-corrected chi connectivity index (χ4v) is 6.25. The minimum atomic E-state index is -0.997. The molecule has 3 aromatic rings. The van der Waals surface area contributed by atoms with Crippen molar-refractivity contribution >= 4 is 23.8 Å². The van der Waals surface area contributed by atoms with Crippen LogP contribution in [0.5, 0.6) is 5.75 Å². The minimum Gasteiger partial charge on any atom is -0.482 e. The molecule has 0 saturated carbocycles. The number of aliphatic carboxylic acids is 1. The van der Waals surface area contributed by atoms with Crippen molar-refractivity contribution in [1.82, 2.24) is 20.1 Å². The number of nitrogens with one attached hydrogen (secondary N) is 1. The number of aromatic nitrogens is 1. The van der Waals surface area contributed by atoms with E-state index in [-0.39, 0.29) is 24.7 Å². The van der Waals surface area contributed by atoms with E-state index in [0.29, 0.717) is 12.3 Å². The molecule has 8 nitrogen and oxygen atoms in total. The first-order chi connectivity index (χ1) is 18.9. The Balaban J connectivity index is 1.15. The summed E-state index contributed by atoms with van der Waals surface area (Å²) in [7, 11) is 0. The smallest absolute Gasteiger partial charge is 0.341 e. The number of hydrogen-bond acceptors (Lipinski definition) is 6. The van der Waals surface area contributed by atoms with Crippen molar-refractivity contribution in [3.63, 3.8) is 0 Å². The van der Waals surface area contributed by atoms with E-state index in [0.717, 1.165) is 48.1 Å². The van der Waals surface area contributed by atoms with Gasteiger partial charge in [0.05, 0.1) is 6.04 Å². The van der Waals surface area contributed by atoms with Crippen LogP contribution in [0.25, 0.3) is 0 Å². The average molecular weight is 547 g/mol. The number of likely N-dealkylation sites (tertiary alicyclic amines) is 1. The van der Waals surface area contributed by atoms with Gasteiger partial charge in [-0.05, 0) is 73.7 Å². The first-order valence-corrected chi connectivity index (χ1v) is 14.1. The SMILES string of the molecule is Cc1ccccc1C1CNC(=O)N1C1CCN(Cc2ccc(Sc3ccc(OCC(=O)O)cc3)nc2C)CC1. The molecule has 39 heavy (non-hydrogen) atoms. The van der Waals surface area contributed by atoms with E-state index in [2.05, 4.69) is 59.3 Å². The van der Waals surface area contributed by atoms with E-state index in [1.54, 1.807) is 23.9 Å². The van der Waals surface area contributed by atoms with Crippen molar-refractivity contribution < 1.29 is 19.4 Å². The van der Waals surface area contributed by atoms with Crippen molar-refractivity contribution in [3.05, 3.63) is 83.0 Å². The molecule has 2 aliphatic heterocycles. The molecule has 2 aromatic carbocycles. The molecule has 0 radical (unpaired) electrons. The molecule has 0 aliphatic carbocycles. The largest absolute Gasteiger partial charge is 0.482 e. The predicted molar refractivity (Wildman–Crippen MR) is 150 cm³/mol. The van der Waals surface area contributed by atoms with Crippen LogP contribution in [-0.4, -0.2) is 64.2 Å². The van der Waals surface area contributed by atoms with Gasteiger partial charge in [0, 0.05) is 42.8 Å². The zero-order valence-corrected chi connectivity index (χ0v) is 23.1. The number of piperidine rings is 1. The van der Waals surface area contributed by atoms with Gasteiger partial charge in [-0.1, -0.05) is 42.1 Å². The number of carbonyl (C=O) groups is 2. The summed E-state index contributed by atoms with van der Waals surface area (Å²) in [5.74, 6) is -0.468. The fourth-order valence-electron chi connectivity index (χ4n) is 5.41. The van der Waals surface area contributed by atoms with Crippen LogP contribution >= 0.6 is 11.8 Å². The fraction of sp³-hybridized carbons (Fsp3) is 0.367. The monoisotopic (exact) mass is 546 g/mol. The number of carboxylic acid groups (broad SMARTS) is 1. The van der Waals surface area contributed by atoms with E-state index < -0.39 is 5.97 Å². The van der Waals surface area contributed by atoms with Crippen LogP contribution in [0, 0.1) is 13.8 Å². The molecule has 204 valence electrons. The third-order valence-corrected chi connectivity index (χ3v) is 8.43. The average Bonchev–Trinajstić information content (AvgIpc) is 3.31. The molecule has 1 aromatic heterocycles. The number of nitrogens with zero attached hydrogens (tertiary/aromatic N) is 3. The second-order valence-electron chi connectivity index (χ2n) is 10.1. The number of hydrogen-bond donors (Lipinski definition) is 2. The lowest BCUT2D eigenvalue weighted by Crippen LogP contribution is -2.46. The van der Waals surface area contributed by atoms with Crippen molar-refractivity contribution in [2.45, 2.75) is 55.2 Å². The van der Waals surface area contributed by atoms with Crippen molar-refractivity contribution in [1.29, 1.82) is 0 Å². The zero-order chi connectivity index (χ0) is 27.4. The lowest BCUT2D eigenvalue weighted by atomic mass is 9.96. The summed E-state index contributed by atoms with van der Waals surface area (Å²) in [5, 5.41) is 12.7. The highest BCUT2D eigenvalue weighted by molar-refractivity contribution is 7.99. The number of urea groups is 1. The van der Waals surface area contributed by atoms with Gasteiger partial charge in [-0.3, -0.25) is 4.90 Å². The Morgan fingerprint density at radius 3 is 2.51 bits per heavy atom. The Morgan fingerprint density at radius 2 is 1.82 bits per heavy atom. The summed E-state index contributed by atoms with van der Waals surface area (Å²) >= 11 is 1.56. The molecule has 0 spiro atoms. The molecule has 1 unspecified atom stereocenters. The molecule has 2 N–H and O–H groups in total. The highest BCUT2D eigenvalue weighted by Crippen LogP contribution is 2.33. The second kappa shape index (κ2) is 12.1. The molecule has 1 atom stereocenters. The summed E-state index contributed by atoms with van der Waals surface area (Å²) in [6.07, 6.45) is 1.92. The number of rotatable bonds is 9. The molecule has 5 rings (SSSR count). The molecular formula is C30H34N4O4S. The highest BCUT2D eigenvalue weighted by Gasteiger charge is 2.38. The summed E-state index contributed by atoms with van der Waals surface area (Å²) in [6.45, 7) is 7.22. The summed E-state index contributed by atoms with van der Waals surface area (Å²) in [6, 6.07) is 20.3. The van der Waals surface area contributed by atoms with Crippen molar-refractivity contribution in [2.75, 3.05) is 26.2 Å². The number of aryl methyl sites for hydroxylation is 2. The number of ether oxygens (including phenoxy) is 1. The van der Waals surface area contributed by atoms with E-state index >= 15 is 0 Å². The van der Waals surface area contributed by atoms with Crippen LogP contribution in [0.4, 0.5) is 4.79 Å². The van der Waals surface area contributed by atoms with Crippen LogP contribution in [0.2, 0.25) is 0 Å². The topological polar surface area (TPSA) is 95.0 Å². The maximum Gasteiger partial charge on any atom is 0.341 e. The number of amides is 2. The van der Waals surface area contributed by atoms with Gasteiger partial charge in [0.15, 0.2) is 6.61 Å². The van der Waals surface area contributed by atoms with Crippen LogP contribution in [0.3, 0.4) is 0 Å². The first-order valence-electron chi connectivity index (χ1n) is 13.3. The van der Waals surface area contributed by atoms with Crippen molar-refractivity contribution in [2.24, 2.45) is 0 Å². The van der Waals surface area contributed by atoms with Gasteiger partial charge in [-0.15, -0.1) is 0 Å². The molecule has 2 amide bonds. The molecule has 2 fully saturated rings. The maximum atomic E-state index is 12.8. The summed E-state index contributed by atoms with van der Waals surface area (Å²) < 4.78 is 5.20. The normalized spacial score (nSPS) is 18.3. The summed E-state index contributed by atoms with van der Waals surface area (Å²) in [4.78, 5) is 33.8. The Bertz CT molecular complexity index is 1320. The standard InChI is InChI=1S/C30H34N4O4S/c1-20-5-3-4-6-26(20)27-17-31-30(37)34(27)23-13-15-33(16-14-23)18-22-7-12-28(32-21(22)2)39-25-10-8-24(9-11-25)38-19-29(35)36/h3-12,23,27H,13-19H2,1-2H3,(H,31,37)(H,35,36). The maximum absolute atomic E-state index is 12.8. The van der Waals surface area contributed by atoms with E-state index in [1.807, 2.05) is 18.2 Å². The lowest BCUT2D eigenvalue weighted by molar-refractivity contribution is -0.139. The van der Waals surface area contributed by atoms with E-state index in [1.165, 1.54) is 16.7 Å². The number of benzene rings is 2. The van der Waals surface area contributed by atoms with Gasteiger partial charge >= 0.3 is 12.0 Å². The molecule has 2 aliphatic rings. The molecule has 3 heterocycles. The number of pyridine rings is 1. The van der Waals surface area contributed by atoms with Crippen LogP contribution < -0.4 is 10.1 Å². The molecular weight excluding hydrogens is 512 g/mol. The Labute approximate surface area is 233 Å². The lowest BCUT2D eigenvalue weighted by Gasteiger charge is -2.39. The van der Waals surface area contributed by atoms with Gasteiger partial charge in [0.1, 0.15) is 10.8 Å². The third-order valence-electron chi connectivity index (χ3n) is 7.49. The van der Waals surface area contributed by atoms with Gasteiger partial charge in [-0.25, -0.2) is 14.6 Å². The third kappa shape index (κ3) is 6.54. The molecule has 2 saturated heterocycles. The number of carbonyl (C=O) groups excluding carboxylic acids is 1. The van der Waals surface area contributed by atoms with Crippen LogP contribution in [0.15, 0.2) is 70.6 Å². The minimum absolute atomic E-state index is 0.0530. The van der Waals surface area contributed by atoms with Gasteiger partial charge in [0.2, 0.25) is 0 Å². The number of carboxylic acids is 1. The van der Waals surface area contributed by atoms with E-state index in [9.17, 15) is 9.59 Å². The quantitative estimate of drug-likeness (QED) is 0.388. The summed E-state index contributed by atoms with van der Waals surface area (Å²) in [5.41, 5.74) is 4.70. The van der Waals surface area contributed by atoms with Gasteiger partial charge < -0.3 is 20.1 Å². The first kappa shape index (κ1) is 27.0. The van der Waals surface area contributed by atoms with Gasteiger partial charge in [-0.2, -0.15) is 0 Å².